The minimum Gasteiger partial charge on any atom is -0.349 e. The SMILES string of the molecule is CC(=O)N1CC(C(=O)N[C@@H](CCN2[C@@H]3CC[C@H]2CC(n2cnc4c(F)cccc42)C3)c2ccccc2)C1. The lowest BCUT2D eigenvalue weighted by atomic mass is 9.94. The van der Waals surface area contributed by atoms with Gasteiger partial charge in [-0.2, -0.15) is 0 Å². The van der Waals surface area contributed by atoms with Crippen molar-refractivity contribution in [3.63, 3.8) is 0 Å². The number of amides is 2. The summed E-state index contributed by atoms with van der Waals surface area (Å²) in [6.07, 6.45) is 7.06. The number of halogens is 1. The molecular weight excluding hydrogens is 469 g/mol. The summed E-state index contributed by atoms with van der Waals surface area (Å²) >= 11 is 0. The number of carbonyl (C=O) groups is 2. The lowest BCUT2D eigenvalue weighted by Crippen LogP contribution is -2.55. The number of para-hydroxylation sites is 1. The number of hydrogen-bond acceptors (Lipinski definition) is 4. The number of fused-ring (bicyclic) bond motifs is 3. The monoisotopic (exact) mass is 503 g/mol. The predicted molar refractivity (Wildman–Crippen MR) is 139 cm³/mol. The van der Waals surface area contributed by atoms with Gasteiger partial charge in [0.2, 0.25) is 11.8 Å². The van der Waals surface area contributed by atoms with Gasteiger partial charge in [-0.05, 0) is 49.8 Å². The zero-order valence-electron chi connectivity index (χ0n) is 21.2. The summed E-state index contributed by atoms with van der Waals surface area (Å²) in [4.78, 5) is 33.2. The summed E-state index contributed by atoms with van der Waals surface area (Å²) in [7, 11) is 0. The highest BCUT2D eigenvalue weighted by Gasteiger charge is 2.42. The minimum absolute atomic E-state index is 0.0244. The summed E-state index contributed by atoms with van der Waals surface area (Å²) in [5, 5.41) is 3.29. The molecule has 2 aromatic carbocycles. The number of carbonyl (C=O) groups excluding carboxylic acids is 2. The molecule has 1 N–H and O–H groups in total. The van der Waals surface area contributed by atoms with Crippen LogP contribution in [0.1, 0.15) is 56.7 Å². The van der Waals surface area contributed by atoms with E-state index in [9.17, 15) is 14.0 Å². The average Bonchev–Trinajstić information content (AvgIpc) is 3.39. The van der Waals surface area contributed by atoms with Crippen molar-refractivity contribution < 1.29 is 14.0 Å². The quantitative estimate of drug-likeness (QED) is 0.528. The van der Waals surface area contributed by atoms with E-state index in [0.717, 1.165) is 36.9 Å². The molecule has 3 aromatic rings. The maximum Gasteiger partial charge on any atom is 0.227 e. The van der Waals surface area contributed by atoms with Crippen molar-refractivity contribution in [2.75, 3.05) is 19.6 Å². The molecule has 3 fully saturated rings. The first-order valence-corrected chi connectivity index (χ1v) is 13.5. The molecule has 0 aliphatic carbocycles. The molecule has 4 atom stereocenters. The molecule has 3 aliphatic heterocycles. The third kappa shape index (κ3) is 4.63. The summed E-state index contributed by atoms with van der Waals surface area (Å²) in [6, 6.07) is 16.6. The van der Waals surface area contributed by atoms with E-state index in [1.807, 2.05) is 30.6 Å². The number of hydrogen-bond donors (Lipinski definition) is 1. The molecule has 7 nitrogen and oxygen atoms in total. The van der Waals surface area contributed by atoms with Crippen LogP contribution in [-0.2, 0) is 9.59 Å². The topological polar surface area (TPSA) is 70.5 Å². The van der Waals surface area contributed by atoms with Gasteiger partial charge >= 0.3 is 0 Å². The summed E-state index contributed by atoms with van der Waals surface area (Å²) in [6.45, 7) is 3.48. The largest absolute Gasteiger partial charge is 0.349 e. The molecule has 37 heavy (non-hydrogen) atoms. The fourth-order valence-electron chi connectivity index (χ4n) is 6.63. The van der Waals surface area contributed by atoms with Crippen LogP contribution in [0.15, 0.2) is 54.9 Å². The molecule has 0 saturated carbocycles. The van der Waals surface area contributed by atoms with Crippen molar-refractivity contribution in [3.05, 3.63) is 66.2 Å². The number of aromatic nitrogens is 2. The van der Waals surface area contributed by atoms with E-state index < -0.39 is 0 Å². The van der Waals surface area contributed by atoms with Crippen molar-refractivity contribution in [2.45, 2.75) is 63.2 Å². The van der Waals surface area contributed by atoms with Crippen LogP contribution < -0.4 is 5.32 Å². The van der Waals surface area contributed by atoms with Gasteiger partial charge in [-0.15, -0.1) is 0 Å². The molecule has 2 bridgehead atoms. The Kier molecular flexibility index (Phi) is 6.44. The van der Waals surface area contributed by atoms with Crippen molar-refractivity contribution >= 4 is 22.8 Å². The highest BCUT2D eigenvalue weighted by Crippen LogP contribution is 2.42. The summed E-state index contributed by atoms with van der Waals surface area (Å²) in [5.41, 5.74) is 2.45. The molecule has 4 heterocycles. The zero-order valence-corrected chi connectivity index (χ0v) is 21.2. The molecule has 3 saturated heterocycles. The maximum absolute atomic E-state index is 14.2. The standard InChI is InChI=1S/C29H34FN5O2/c1-19(36)33-16-21(17-33)29(37)32-26(20-6-3-2-4-7-20)12-13-34-22-10-11-23(34)15-24(14-22)35-18-31-28-25(30)8-5-9-27(28)35/h2-9,18,21-24,26H,10-17H2,1H3,(H,32,37)/t22-,23+,24?,26-/m0/s1. The van der Waals surface area contributed by atoms with Crippen LogP contribution in [0.5, 0.6) is 0 Å². The van der Waals surface area contributed by atoms with Crippen molar-refractivity contribution in [1.82, 2.24) is 24.7 Å². The molecule has 194 valence electrons. The second-order valence-corrected chi connectivity index (χ2v) is 10.9. The Morgan fingerprint density at radius 2 is 1.76 bits per heavy atom. The smallest absolute Gasteiger partial charge is 0.227 e. The number of benzene rings is 2. The van der Waals surface area contributed by atoms with Crippen LogP contribution in [0.3, 0.4) is 0 Å². The number of nitrogens with one attached hydrogen (secondary N) is 1. The fraction of sp³-hybridized carbons (Fsp3) is 0.483. The van der Waals surface area contributed by atoms with Gasteiger partial charge in [0.25, 0.3) is 0 Å². The highest BCUT2D eigenvalue weighted by molar-refractivity contribution is 5.84. The van der Waals surface area contributed by atoms with Gasteiger partial charge in [0, 0.05) is 44.7 Å². The first-order chi connectivity index (χ1) is 18.0. The Bertz CT molecular complexity index is 1270. The Hall–Kier alpha value is -3.26. The molecule has 6 rings (SSSR count). The fourth-order valence-corrected chi connectivity index (χ4v) is 6.63. The second-order valence-electron chi connectivity index (χ2n) is 10.9. The van der Waals surface area contributed by atoms with Crippen LogP contribution >= 0.6 is 0 Å². The van der Waals surface area contributed by atoms with E-state index >= 15 is 0 Å². The van der Waals surface area contributed by atoms with E-state index in [4.69, 9.17) is 0 Å². The average molecular weight is 504 g/mol. The van der Waals surface area contributed by atoms with Crippen LogP contribution in [0.25, 0.3) is 11.0 Å². The summed E-state index contributed by atoms with van der Waals surface area (Å²) < 4.78 is 16.4. The van der Waals surface area contributed by atoms with Gasteiger partial charge < -0.3 is 14.8 Å². The Morgan fingerprint density at radius 1 is 1.03 bits per heavy atom. The molecule has 1 aromatic heterocycles. The van der Waals surface area contributed by atoms with Gasteiger partial charge in [0.15, 0.2) is 5.82 Å². The van der Waals surface area contributed by atoms with Crippen LogP contribution in [0, 0.1) is 11.7 Å². The number of piperidine rings is 1. The molecule has 3 aliphatic rings. The van der Waals surface area contributed by atoms with Crippen molar-refractivity contribution in [2.24, 2.45) is 5.92 Å². The van der Waals surface area contributed by atoms with E-state index in [1.165, 1.54) is 18.9 Å². The van der Waals surface area contributed by atoms with Crippen LogP contribution in [0.4, 0.5) is 4.39 Å². The van der Waals surface area contributed by atoms with Crippen LogP contribution in [0.2, 0.25) is 0 Å². The van der Waals surface area contributed by atoms with Crippen LogP contribution in [-0.4, -0.2) is 62.9 Å². The number of nitrogens with zero attached hydrogens (tertiary/aromatic N) is 4. The van der Waals surface area contributed by atoms with Crippen molar-refractivity contribution in [3.8, 4) is 0 Å². The van der Waals surface area contributed by atoms with Gasteiger partial charge in [-0.3, -0.25) is 14.5 Å². The van der Waals surface area contributed by atoms with Crippen molar-refractivity contribution in [1.29, 1.82) is 0 Å². The van der Waals surface area contributed by atoms with E-state index in [1.54, 1.807) is 17.9 Å². The van der Waals surface area contributed by atoms with Gasteiger partial charge in [-0.25, -0.2) is 9.37 Å². The Balaban J connectivity index is 1.12. The first-order valence-electron chi connectivity index (χ1n) is 13.5. The zero-order chi connectivity index (χ0) is 25.5. The molecular formula is C29H34FN5O2. The third-order valence-corrected chi connectivity index (χ3v) is 8.70. The molecule has 1 unspecified atom stereocenters. The Labute approximate surface area is 216 Å². The second kappa shape index (κ2) is 9.89. The Morgan fingerprint density at radius 3 is 2.46 bits per heavy atom. The minimum atomic E-state index is -0.262. The first kappa shape index (κ1) is 24.1. The van der Waals surface area contributed by atoms with E-state index in [-0.39, 0.29) is 29.6 Å². The third-order valence-electron chi connectivity index (χ3n) is 8.70. The molecule has 2 amide bonds. The molecule has 0 spiro atoms. The number of imidazole rings is 1. The predicted octanol–water partition coefficient (Wildman–Crippen LogP) is 4.07. The van der Waals surface area contributed by atoms with E-state index in [2.05, 4.69) is 31.9 Å². The highest BCUT2D eigenvalue weighted by atomic mass is 19.1. The number of likely N-dealkylation sites (tertiary alicyclic amines) is 1. The van der Waals surface area contributed by atoms with Gasteiger partial charge in [0.05, 0.1) is 23.8 Å². The lowest BCUT2D eigenvalue weighted by Gasteiger charge is -2.41. The summed E-state index contributed by atoms with van der Waals surface area (Å²) in [5.74, 6) is -0.331. The number of rotatable bonds is 7. The maximum atomic E-state index is 14.2. The van der Waals surface area contributed by atoms with E-state index in [0.29, 0.717) is 36.7 Å². The van der Waals surface area contributed by atoms with Gasteiger partial charge in [0.1, 0.15) is 5.52 Å². The normalized spacial score (nSPS) is 24.7. The lowest BCUT2D eigenvalue weighted by molar-refractivity contribution is -0.141. The molecule has 0 radical (unpaired) electrons. The van der Waals surface area contributed by atoms with Gasteiger partial charge in [-0.1, -0.05) is 36.4 Å². The molecule has 8 heteroatoms.